The number of hydrogen-bond donors (Lipinski definition) is 3. The van der Waals surface area contributed by atoms with Crippen molar-refractivity contribution in [3.05, 3.63) is 82.0 Å². The molecule has 0 radical (unpaired) electrons. The van der Waals surface area contributed by atoms with Crippen LogP contribution in [0.1, 0.15) is 20.8 Å². The van der Waals surface area contributed by atoms with Gasteiger partial charge in [-0.1, -0.05) is 36.4 Å². The molecule has 6 nitrogen and oxygen atoms in total. The van der Waals surface area contributed by atoms with E-state index in [-0.39, 0.29) is 22.8 Å². The Morgan fingerprint density at radius 2 is 1.82 bits per heavy atom. The number of phenolic OH excluding ortho intramolecular Hbond substituents is 1. The van der Waals surface area contributed by atoms with Gasteiger partial charge >= 0.3 is 0 Å². The van der Waals surface area contributed by atoms with E-state index in [1.165, 1.54) is 18.2 Å². The Hall–Kier alpha value is -2.68. The van der Waals surface area contributed by atoms with E-state index >= 15 is 0 Å². The zero-order valence-electron chi connectivity index (χ0n) is 15.0. The molecule has 0 aliphatic heterocycles. The number of aromatic hydroxyl groups is 1. The number of benzene rings is 2. The lowest BCUT2D eigenvalue weighted by Gasteiger charge is -2.10. The van der Waals surface area contributed by atoms with Crippen LogP contribution in [0.25, 0.3) is 0 Å². The van der Waals surface area contributed by atoms with Crippen molar-refractivity contribution in [2.45, 2.75) is 17.9 Å². The van der Waals surface area contributed by atoms with E-state index in [0.29, 0.717) is 13.0 Å². The fraction of sp³-hybridized carbons (Fsp3) is 0.150. The summed E-state index contributed by atoms with van der Waals surface area (Å²) in [6.07, 6.45) is 0.667. The number of thiophene rings is 1. The smallest absolute Gasteiger partial charge is 0.255 e. The molecule has 1 aromatic heterocycles. The quantitative estimate of drug-likeness (QED) is 0.526. The van der Waals surface area contributed by atoms with Crippen molar-refractivity contribution in [1.29, 1.82) is 0 Å². The summed E-state index contributed by atoms with van der Waals surface area (Å²) in [6, 6.07) is 16.7. The van der Waals surface area contributed by atoms with Crippen LogP contribution in [0.2, 0.25) is 0 Å². The maximum atomic E-state index is 12.5. The van der Waals surface area contributed by atoms with E-state index in [0.717, 1.165) is 10.4 Å². The summed E-state index contributed by atoms with van der Waals surface area (Å²) in [4.78, 5) is 13.4. The Labute approximate surface area is 167 Å². The van der Waals surface area contributed by atoms with Gasteiger partial charge in [-0.25, -0.2) is 13.1 Å². The van der Waals surface area contributed by atoms with Gasteiger partial charge in [0.2, 0.25) is 10.0 Å². The van der Waals surface area contributed by atoms with Crippen LogP contribution in [0.3, 0.4) is 0 Å². The zero-order chi connectivity index (χ0) is 20.0. The van der Waals surface area contributed by atoms with Gasteiger partial charge in [0.05, 0.1) is 10.5 Å². The van der Waals surface area contributed by atoms with Crippen molar-refractivity contribution < 1.29 is 18.3 Å². The highest BCUT2D eigenvalue weighted by molar-refractivity contribution is 7.89. The summed E-state index contributed by atoms with van der Waals surface area (Å²) >= 11 is 1.59. The number of carbonyl (C=O) groups excluding carboxylic acids is 1. The van der Waals surface area contributed by atoms with Gasteiger partial charge in [0.25, 0.3) is 5.91 Å². The molecule has 3 rings (SSSR count). The number of phenols is 1. The molecule has 0 saturated carbocycles. The standard InChI is InChI=1S/C20H20N2O4S2/c23-19-9-8-17(28(25,26)22-14-15-5-2-1-3-6-15)13-18(19)20(24)21-11-10-16-7-4-12-27-16/h1-9,12-13,22-23H,10-11,14H2,(H,21,24). The number of carbonyl (C=O) groups is 1. The molecule has 2 aromatic carbocycles. The second-order valence-electron chi connectivity index (χ2n) is 6.07. The minimum absolute atomic E-state index is 0.0752. The summed E-state index contributed by atoms with van der Waals surface area (Å²) in [5.74, 6) is -0.787. The van der Waals surface area contributed by atoms with Crippen molar-refractivity contribution in [2.24, 2.45) is 0 Å². The average molecular weight is 417 g/mol. The molecule has 3 aromatic rings. The van der Waals surface area contributed by atoms with Gasteiger partial charge in [-0.15, -0.1) is 11.3 Å². The van der Waals surface area contributed by atoms with Crippen LogP contribution in [0.15, 0.2) is 70.9 Å². The molecule has 1 amide bonds. The van der Waals surface area contributed by atoms with Crippen LogP contribution in [-0.2, 0) is 23.0 Å². The maximum Gasteiger partial charge on any atom is 0.255 e. The predicted molar refractivity (Wildman–Crippen MR) is 109 cm³/mol. The van der Waals surface area contributed by atoms with Crippen molar-refractivity contribution in [2.75, 3.05) is 6.54 Å². The second kappa shape index (κ2) is 9.01. The van der Waals surface area contributed by atoms with Crippen LogP contribution in [0.5, 0.6) is 5.75 Å². The summed E-state index contributed by atoms with van der Waals surface area (Å²) in [5.41, 5.74) is 0.741. The van der Waals surface area contributed by atoms with Crippen LogP contribution in [-0.4, -0.2) is 26.0 Å². The fourth-order valence-corrected chi connectivity index (χ4v) is 4.32. The number of amides is 1. The molecular formula is C20H20N2O4S2. The van der Waals surface area contributed by atoms with Crippen LogP contribution in [0.4, 0.5) is 0 Å². The monoisotopic (exact) mass is 416 g/mol. The second-order valence-corrected chi connectivity index (χ2v) is 8.87. The molecule has 3 N–H and O–H groups in total. The summed E-state index contributed by atoms with van der Waals surface area (Å²) in [6.45, 7) is 0.522. The summed E-state index contributed by atoms with van der Waals surface area (Å²) < 4.78 is 27.6. The van der Waals surface area contributed by atoms with E-state index in [1.54, 1.807) is 11.3 Å². The van der Waals surface area contributed by atoms with Crippen LogP contribution in [0, 0.1) is 0 Å². The van der Waals surface area contributed by atoms with Crippen molar-refractivity contribution in [3.63, 3.8) is 0 Å². The molecule has 0 aliphatic rings. The zero-order valence-corrected chi connectivity index (χ0v) is 16.6. The number of nitrogens with one attached hydrogen (secondary N) is 2. The van der Waals surface area contributed by atoms with E-state index < -0.39 is 15.9 Å². The third-order valence-corrected chi connectivity index (χ3v) is 6.40. The van der Waals surface area contributed by atoms with Crippen LogP contribution < -0.4 is 10.0 Å². The van der Waals surface area contributed by atoms with Gasteiger partial charge in [-0.3, -0.25) is 4.79 Å². The maximum absolute atomic E-state index is 12.5. The minimum Gasteiger partial charge on any atom is -0.507 e. The molecule has 146 valence electrons. The lowest BCUT2D eigenvalue weighted by Crippen LogP contribution is -2.27. The van der Waals surface area contributed by atoms with Gasteiger partial charge in [-0.05, 0) is 41.6 Å². The van der Waals surface area contributed by atoms with Gasteiger partial charge in [0.1, 0.15) is 5.75 Å². The van der Waals surface area contributed by atoms with E-state index in [9.17, 15) is 18.3 Å². The SMILES string of the molecule is O=C(NCCc1cccs1)c1cc(S(=O)(=O)NCc2ccccc2)ccc1O. The van der Waals surface area contributed by atoms with Gasteiger partial charge < -0.3 is 10.4 Å². The Balaban J connectivity index is 1.68. The van der Waals surface area contributed by atoms with E-state index in [4.69, 9.17) is 0 Å². The fourth-order valence-electron chi connectivity index (χ4n) is 2.57. The average Bonchev–Trinajstić information content (AvgIpc) is 3.21. The topological polar surface area (TPSA) is 95.5 Å². The van der Waals surface area contributed by atoms with E-state index in [1.807, 2.05) is 47.8 Å². The predicted octanol–water partition coefficient (Wildman–Crippen LogP) is 2.90. The highest BCUT2D eigenvalue weighted by Gasteiger charge is 2.19. The molecule has 0 spiro atoms. The third-order valence-electron chi connectivity index (χ3n) is 4.07. The number of rotatable bonds is 8. The molecular weight excluding hydrogens is 396 g/mol. The Morgan fingerprint density at radius 3 is 2.54 bits per heavy atom. The molecule has 0 fully saturated rings. The first-order valence-electron chi connectivity index (χ1n) is 8.63. The molecule has 0 unspecified atom stereocenters. The normalized spacial score (nSPS) is 11.3. The van der Waals surface area contributed by atoms with E-state index in [2.05, 4.69) is 10.0 Å². The summed E-state index contributed by atoms with van der Waals surface area (Å²) in [5, 5.41) is 14.7. The Kier molecular flexibility index (Phi) is 6.45. The van der Waals surface area contributed by atoms with Crippen molar-refractivity contribution >= 4 is 27.3 Å². The highest BCUT2D eigenvalue weighted by Crippen LogP contribution is 2.21. The Morgan fingerprint density at radius 1 is 1.04 bits per heavy atom. The molecule has 0 atom stereocenters. The van der Waals surface area contributed by atoms with Gasteiger partial charge in [-0.2, -0.15) is 0 Å². The van der Waals surface area contributed by atoms with Gasteiger partial charge in [0, 0.05) is 18.0 Å². The molecule has 0 aliphatic carbocycles. The lowest BCUT2D eigenvalue weighted by molar-refractivity contribution is 0.0951. The first-order chi connectivity index (χ1) is 13.5. The molecule has 8 heteroatoms. The molecule has 0 bridgehead atoms. The first kappa shape index (κ1) is 20.1. The van der Waals surface area contributed by atoms with Gasteiger partial charge in [0.15, 0.2) is 0 Å². The largest absolute Gasteiger partial charge is 0.507 e. The van der Waals surface area contributed by atoms with Crippen molar-refractivity contribution in [1.82, 2.24) is 10.0 Å². The molecule has 28 heavy (non-hydrogen) atoms. The summed E-state index contributed by atoms with van der Waals surface area (Å²) in [7, 11) is -3.83. The number of hydrogen-bond acceptors (Lipinski definition) is 5. The van der Waals surface area contributed by atoms with Crippen molar-refractivity contribution in [3.8, 4) is 5.75 Å². The molecule has 0 saturated heterocycles. The third kappa shape index (κ3) is 5.19. The first-order valence-corrected chi connectivity index (χ1v) is 11.0. The Bertz CT molecular complexity index is 1030. The number of sulfonamides is 1. The van der Waals surface area contributed by atoms with Crippen LogP contribution >= 0.6 is 11.3 Å². The highest BCUT2D eigenvalue weighted by atomic mass is 32.2. The molecule has 1 heterocycles. The lowest BCUT2D eigenvalue weighted by atomic mass is 10.2. The minimum atomic E-state index is -3.83.